The summed E-state index contributed by atoms with van der Waals surface area (Å²) in [7, 11) is -1.68. The quantitative estimate of drug-likeness (QED) is 0.850. The van der Waals surface area contributed by atoms with Crippen molar-refractivity contribution in [1.82, 2.24) is 0 Å². The Bertz CT molecular complexity index is 646. The predicted octanol–water partition coefficient (Wildman–Crippen LogP) is 3.10. The molecule has 0 aliphatic rings. The maximum absolute atomic E-state index is 12.4. The third-order valence-electron chi connectivity index (χ3n) is 3.28. The van der Waals surface area contributed by atoms with Crippen LogP contribution in [0.15, 0.2) is 59.5 Å². The van der Waals surface area contributed by atoms with E-state index in [1.807, 2.05) is 30.3 Å². The summed E-state index contributed by atoms with van der Waals surface area (Å²) < 4.78 is 30.0. The van der Waals surface area contributed by atoms with Crippen LogP contribution in [0, 0.1) is 0 Å². The molecule has 0 saturated heterocycles. The van der Waals surface area contributed by atoms with Gasteiger partial charge in [-0.25, -0.2) is 8.42 Å². The van der Waals surface area contributed by atoms with Gasteiger partial charge in [-0.2, -0.15) is 0 Å². The topological polar surface area (TPSA) is 43.4 Å². The zero-order valence-corrected chi connectivity index (χ0v) is 12.4. The maximum atomic E-state index is 12.4. The first-order valence-corrected chi connectivity index (χ1v) is 8.00. The molecule has 0 spiro atoms. The highest BCUT2D eigenvalue weighted by molar-refractivity contribution is 7.92. The highest BCUT2D eigenvalue weighted by Crippen LogP contribution is 2.20. The van der Waals surface area contributed by atoms with Crippen molar-refractivity contribution in [2.45, 2.75) is 23.5 Å². The normalized spacial score (nSPS) is 12.9. The third-order valence-corrected chi connectivity index (χ3v) is 5.44. The van der Waals surface area contributed by atoms with Gasteiger partial charge in [0, 0.05) is 0 Å². The van der Waals surface area contributed by atoms with E-state index >= 15 is 0 Å². The van der Waals surface area contributed by atoms with E-state index in [-0.39, 0.29) is 0 Å². The fourth-order valence-corrected chi connectivity index (χ4v) is 3.46. The summed E-state index contributed by atoms with van der Waals surface area (Å²) in [4.78, 5) is 0.376. The van der Waals surface area contributed by atoms with Gasteiger partial charge in [-0.1, -0.05) is 30.3 Å². The van der Waals surface area contributed by atoms with E-state index in [1.165, 1.54) is 0 Å². The van der Waals surface area contributed by atoms with Crippen molar-refractivity contribution in [3.63, 3.8) is 0 Å². The first-order valence-electron chi connectivity index (χ1n) is 6.46. The van der Waals surface area contributed by atoms with E-state index < -0.39 is 15.1 Å². The molecule has 1 atom stereocenters. The SMILES string of the molecule is COc1ccc(C[C@H](C)S(=O)(=O)c2ccccc2)cc1. The average molecular weight is 290 g/mol. The van der Waals surface area contributed by atoms with Crippen LogP contribution in [0.2, 0.25) is 0 Å². The van der Waals surface area contributed by atoms with Gasteiger partial charge < -0.3 is 4.74 Å². The number of hydrogen-bond acceptors (Lipinski definition) is 3. The van der Waals surface area contributed by atoms with Crippen LogP contribution in [0.4, 0.5) is 0 Å². The smallest absolute Gasteiger partial charge is 0.181 e. The molecule has 2 rings (SSSR count). The highest BCUT2D eigenvalue weighted by Gasteiger charge is 2.23. The number of sulfone groups is 1. The Hall–Kier alpha value is -1.81. The van der Waals surface area contributed by atoms with Crippen molar-refractivity contribution < 1.29 is 13.2 Å². The van der Waals surface area contributed by atoms with Crippen molar-refractivity contribution in [3.8, 4) is 5.75 Å². The summed E-state index contributed by atoms with van der Waals surface area (Å²) in [5.41, 5.74) is 0.984. The van der Waals surface area contributed by atoms with Gasteiger partial charge in [-0.3, -0.25) is 0 Å². The highest BCUT2D eigenvalue weighted by atomic mass is 32.2. The van der Waals surface area contributed by atoms with Crippen LogP contribution in [0.1, 0.15) is 12.5 Å². The molecule has 2 aromatic rings. The fourth-order valence-electron chi connectivity index (χ4n) is 2.05. The van der Waals surface area contributed by atoms with Crippen LogP contribution in [0.3, 0.4) is 0 Å². The summed E-state index contributed by atoms with van der Waals surface area (Å²) in [5, 5.41) is -0.460. The molecule has 4 heteroatoms. The van der Waals surface area contributed by atoms with Crippen LogP contribution in [0.25, 0.3) is 0 Å². The average Bonchev–Trinajstić information content (AvgIpc) is 2.49. The molecule has 0 amide bonds. The van der Waals surface area contributed by atoms with Crippen LogP contribution >= 0.6 is 0 Å². The maximum Gasteiger partial charge on any atom is 0.181 e. The number of ether oxygens (including phenoxy) is 1. The molecule has 0 fully saturated rings. The van der Waals surface area contributed by atoms with Gasteiger partial charge in [0.1, 0.15) is 5.75 Å². The minimum Gasteiger partial charge on any atom is -0.497 e. The number of hydrogen-bond donors (Lipinski definition) is 0. The summed E-state index contributed by atoms with van der Waals surface area (Å²) in [6, 6.07) is 16.1. The van der Waals surface area contributed by atoms with E-state index in [2.05, 4.69) is 0 Å². The molecule has 2 aromatic carbocycles. The van der Waals surface area contributed by atoms with Gasteiger partial charge in [-0.05, 0) is 43.2 Å². The second-order valence-electron chi connectivity index (χ2n) is 4.72. The lowest BCUT2D eigenvalue weighted by atomic mass is 10.1. The van der Waals surface area contributed by atoms with E-state index in [9.17, 15) is 8.42 Å². The molecule has 0 bridgehead atoms. The Morgan fingerprint density at radius 2 is 1.60 bits per heavy atom. The number of rotatable bonds is 5. The lowest BCUT2D eigenvalue weighted by Crippen LogP contribution is -2.20. The molecule has 0 saturated carbocycles. The van der Waals surface area contributed by atoms with Crippen LogP contribution < -0.4 is 4.74 Å². The molecule has 20 heavy (non-hydrogen) atoms. The van der Waals surface area contributed by atoms with E-state index in [1.54, 1.807) is 38.3 Å². The Morgan fingerprint density at radius 3 is 2.15 bits per heavy atom. The first kappa shape index (κ1) is 14.6. The largest absolute Gasteiger partial charge is 0.497 e. The van der Waals surface area contributed by atoms with Crippen molar-refractivity contribution in [3.05, 3.63) is 60.2 Å². The van der Waals surface area contributed by atoms with Crippen LogP contribution in [-0.2, 0) is 16.3 Å². The van der Waals surface area contributed by atoms with Crippen molar-refractivity contribution >= 4 is 9.84 Å². The molecule has 106 valence electrons. The second kappa shape index (κ2) is 6.09. The van der Waals surface area contributed by atoms with Gasteiger partial charge in [-0.15, -0.1) is 0 Å². The monoisotopic (exact) mass is 290 g/mol. The number of benzene rings is 2. The Kier molecular flexibility index (Phi) is 4.45. The molecule has 0 unspecified atom stereocenters. The lowest BCUT2D eigenvalue weighted by molar-refractivity contribution is 0.414. The Labute approximate surface area is 120 Å². The summed E-state index contributed by atoms with van der Waals surface area (Å²) in [5.74, 6) is 0.771. The Morgan fingerprint density at radius 1 is 1.00 bits per heavy atom. The van der Waals surface area contributed by atoms with Gasteiger partial charge >= 0.3 is 0 Å². The standard InChI is InChI=1S/C16H18O3S/c1-13(12-14-8-10-15(19-2)11-9-14)20(17,18)16-6-4-3-5-7-16/h3-11,13H,12H2,1-2H3/t13-/m0/s1. The zero-order valence-electron chi connectivity index (χ0n) is 11.6. The third kappa shape index (κ3) is 3.20. The van der Waals surface area contributed by atoms with Gasteiger partial charge in [0.15, 0.2) is 9.84 Å². The molecule has 0 aromatic heterocycles. The van der Waals surface area contributed by atoms with Crippen LogP contribution in [-0.4, -0.2) is 20.8 Å². The fraction of sp³-hybridized carbons (Fsp3) is 0.250. The zero-order chi connectivity index (χ0) is 14.6. The van der Waals surface area contributed by atoms with E-state index in [0.29, 0.717) is 11.3 Å². The molecule has 0 heterocycles. The van der Waals surface area contributed by atoms with Gasteiger partial charge in [0.05, 0.1) is 17.3 Å². The first-order chi connectivity index (χ1) is 9.54. The summed E-state index contributed by atoms with van der Waals surface area (Å²) >= 11 is 0. The summed E-state index contributed by atoms with van der Waals surface area (Å²) in [6.45, 7) is 1.74. The molecular formula is C16H18O3S. The van der Waals surface area contributed by atoms with Crippen molar-refractivity contribution in [1.29, 1.82) is 0 Å². The molecular weight excluding hydrogens is 272 g/mol. The van der Waals surface area contributed by atoms with E-state index in [4.69, 9.17) is 4.74 Å². The van der Waals surface area contributed by atoms with E-state index in [0.717, 1.165) is 11.3 Å². The minimum atomic E-state index is -3.28. The predicted molar refractivity (Wildman–Crippen MR) is 79.8 cm³/mol. The van der Waals surface area contributed by atoms with Crippen molar-refractivity contribution in [2.75, 3.05) is 7.11 Å². The number of methoxy groups -OCH3 is 1. The van der Waals surface area contributed by atoms with Crippen molar-refractivity contribution in [2.24, 2.45) is 0 Å². The molecule has 3 nitrogen and oxygen atoms in total. The second-order valence-corrected chi connectivity index (χ2v) is 7.09. The van der Waals surface area contributed by atoms with Crippen LogP contribution in [0.5, 0.6) is 5.75 Å². The molecule has 0 aliphatic carbocycles. The molecule has 0 radical (unpaired) electrons. The van der Waals surface area contributed by atoms with Gasteiger partial charge in [0.25, 0.3) is 0 Å². The molecule has 0 N–H and O–H groups in total. The molecule has 0 aliphatic heterocycles. The lowest BCUT2D eigenvalue weighted by Gasteiger charge is -2.13. The Balaban J connectivity index is 2.16. The summed E-state index contributed by atoms with van der Waals surface area (Å²) in [6.07, 6.45) is 0.487. The van der Waals surface area contributed by atoms with Gasteiger partial charge in [0.2, 0.25) is 0 Å². The minimum absolute atomic E-state index is 0.376.